The molecule has 0 saturated carbocycles. The van der Waals surface area contributed by atoms with E-state index in [-0.39, 0.29) is 35.4 Å². The Labute approximate surface area is 160 Å². The molecule has 0 aromatic heterocycles. The molecule has 1 aliphatic rings. The molecule has 0 bridgehead atoms. The van der Waals surface area contributed by atoms with Gasteiger partial charge in [0, 0.05) is 18.2 Å². The predicted molar refractivity (Wildman–Crippen MR) is 98.1 cm³/mol. The molecule has 0 radical (unpaired) electrons. The molecule has 2 aromatic rings. The number of nitrogens with one attached hydrogen (secondary N) is 2. The first-order valence-corrected chi connectivity index (χ1v) is 8.78. The van der Waals surface area contributed by atoms with Crippen LogP contribution in [0.4, 0.5) is 14.5 Å². The lowest BCUT2D eigenvalue weighted by Crippen LogP contribution is -2.37. The van der Waals surface area contributed by atoms with Gasteiger partial charge in [0.1, 0.15) is 6.04 Å². The molecule has 1 heterocycles. The largest absolute Gasteiger partial charge is 0.586 e. The van der Waals surface area contributed by atoms with Crippen LogP contribution in [0, 0.1) is 5.92 Å². The first-order chi connectivity index (χ1) is 13.2. The summed E-state index contributed by atoms with van der Waals surface area (Å²) in [5.74, 6) is -0.927. The fraction of sp³-hybridized carbons (Fsp3) is 0.300. The van der Waals surface area contributed by atoms with E-state index >= 15 is 0 Å². The molecule has 0 saturated heterocycles. The summed E-state index contributed by atoms with van der Waals surface area (Å²) >= 11 is 0. The highest BCUT2D eigenvalue weighted by molar-refractivity contribution is 5.98. The Balaban J connectivity index is 1.77. The zero-order valence-electron chi connectivity index (χ0n) is 15.4. The molecule has 2 aromatic carbocycles. The highest BCUT2D eigenvalue weighted by atomic mass is 19.3. The summed E-state index contributed by atoms with van der Waals surface area (Å²) in [4.78, 5) is 25.0. The van der Waals surface area contributed by atoms with E-state index in [1.165, 1.54) is 18.2 Å². The summed E-state index contributed by atoms with van der Waals surface area (Å²) in [7, 11) is 0. The molecule has 28 heavy (non-hydrogen) atoms. The van der Waals surface area contributed by atoms with E-state index in [1.807, 2.05) is 13.8 Å². The summed E-state index contributed by atoms with van der Waals surface area (Å²) in [5.41, 5.74) is 0.841. The van der Waals surface area contributed by atoms with Gasteiger partial charge in [-0.15, -0.1) is 8.78 Å². The van der Waals surface area contributed by atoms with Gasteiger partial charge in [-0.3, -0.25) is 9.59 Å². The Morgan fingerprint density at radius 2 is 1.71 bits per heavy atom. The number of hydrogen-bond acceptors (Lipinski definition) is 4. The number of fused-ring (bicyclic) bond motifs is 1. The van der Waals surface area contributed by atoms with Gasteiger partial charge in [-0.25, -0.2) is 0 Å². The fourth-order valence-corrected chi connectivity index (χ4v) is 2.78. The Hall–Kier alpha value is -3.16. The summed E-state index contributed by atoms with van der Waals surface area (Å²) in [6.45, 7) is 3.80. The van der Waals surface area contributed by atoms with E-state index in [1.54, 1.807) is 30.3 Å². The Bertz CT molecular complexity index is 872. The SMILES string of the molecule is CC(C)CC(=O)NC(C(=O)Nc1ccc2c(c1)OC(F)(F)O2)c1ccccc1. The first kappa shape index (κ1) is 19.6. The monoisotopic (exact) mass is 390 g/mol. The third-order valence-electron chi connectivity index (χ3n) is 3.96. The number of rotatable bonds is 6. The first-order valence-electron chi connectivity index (χ1n) is 8.78. The van der Waals surface area contributed by atoms with E-state index in [0.29, 0.717) is 5.56 Å². The summed E-state index contributed by atoms with van der Waals surface area (Å²) < 4.78 is 35.0. The Kier molecular flexibility index (Phi) is 5.48. The summed E-state index contributed by atoms with van der Waals surface area (Å²) in [6.07, 6.45) is -3.46. The average Bonchev–Trinajstić information content (AvgIpc) is 2.92. The van der Waals surface area contributed by atoms with Crippen molar-refractivity contribution in [2.75, 3.05) is 5.32 Å². The van der Waals surface area contributed by atoms with E-state index in [4.69, 9.17) is 0 Å². The van der Waals surface area contributed by atoms with Gasteiger partial charge in [0.05, 0.1) is 0 Å². The van der Waals surface area contributed by atoms with Crippen LogP contribution in [-0.4, -0.2) is 18.1 Å². The minimum absolute atomic E-state index is 0.118. The zero-order valence-corrected chi connectivity index (χ0v) is 15.4. The molecule has 1 atom stereocenters. The number of benzene rings is 2. The molecule has 2 N–H and O–H groups in total. The zero-order chi connectivity index (χ0) is 20.3. The van der Waals surface area contributed by atoms with E-state index in [2.05, 4.69) is 20.1 Å². The number of carbonyl (C=O) groups excluding carboxylic acids is 2. The maximum absolute atomic E-state index is 13.1. The number of amides is 2. The minimum Gasteiger partial charge on any atom is -0.395 e. The van der Waals surface area contributed by atoms with Crippen molar-refractivity contribution in [3.63, 3.8) is 0 Å². The smallest absolute Gasteiger partial charge is 0.395 e. The molecular weight excluding hydrogens is 370 g/mol. The van der Waals surface area contributed by atoms with Crippen LogP contribution in [0.5, 0.6) is 11.5 Å². The van der Waals surface area contributed by atoms with Crippen molar-refractivity contribution in [2.24, 2.45) is 5.92 Å². The number of hydrogen-bond donors (Lipinski definition) is 2. The Morgan fingerprint density at radius 3 is 2.39 bits per heavy atom. The molecule has 0 aliphatic carbocycles. The third kappa shape index (κ3) is 4.76. The van der Waals surface area contributed by atoms with Crippen molar-refractivity contribution in [3.8, 4) is 11.5 Å². The van der Waals surface area contributed by atoms with Crippen molar-refractivity contribution in [2.45, 2.75) is 32.6 Å². The van der Waals surface area contributed by atoms with Gasteiger partial charge in [-0.2, -0.15) is 0 Å². The quantitative estimate of drug-likeness (QED) is 0.786. The second-order valence-corrected chi connectivity index (χ2v) is 6.83. The van der Waals surface area contributed by atoms with Crippen LogP contribution in [0.15, 0.2) is 48.5 Å². The van der Waals surface area contributed by atoms with Crippen molar-refractivity contribution in [1.29, 1.82) is 0 Å². The number of carbonyl (C=O) groups is 2. The molecule has 6 nitrogen and oxygen atoms in total. The van der Waals surface area contributed by atoms with Gasteiger partial charge in [0.2, 0.25) is 5.91 Å². The van der Waals surface area contributed by atoms with Crippen LogP contribution in [0.2, 0.25) is 0 Å². The van der Waals surface area contributed by atoms with Crippen molar-refractivity contribution < 1.29 is 27.8 Å². The molecule has 1 unspecified atom stereocenters. The molecule has 1 aliphatic heterocycles. The van der Waals surface area contributed by atoms with Crippen LogP contribution in [0.25, 0.3) is 0 Å². The maximum atomic E-state index is 13.1. The van der Waals surface area contributed by atoms with E-state index in [9.17, 15) is 18.4 Å². The van der Waals surface area contributed by atoms with Gasteiger partial charge in [-0.05, 0) is 23.6 Å². The lowest BCUT2D eigenvalue weighted by Gasteiger charge is -2.19. The van der Waals surface area contributed by atoms with Crippen molar-refractivity contribution in [3.05, 3.63) is 54.1 Å². The molecule has 3 rings (SSSR count). The van der Waals surface area contributed by atoms with E-state index < -0.39 is 18.2 Å². The molecule has 0 fully saturated rings. The second kappa shape index (κ2) is 7.84. The number of ether oxygens (including phenoxy) is 2. The lowest BCUT2D eigenvalue weighted by atomic mass is 10.0. The standard InChI is InChI=1S/C20H20F2N2O4/c1-12(2)10-17(25)24-18(13-6-4-3-5-7-13)19(26)23-14-8-9-15-16(11-14)28-20(21,22)27-15/h3-9,11-12,18H,10H2,1-2H3,(H,23,26)(H,24,25). The highest BCUT2D eigenvalue weighted by Crippen LogP contribution is 2.42. The fourth-order valence-electron chi connectivity index (χ4n) is 2.78. The second-order valence-electron chi connectivity index (χ2n) is 6.83. The topological polar surface area (TPSA) is 76.7 Å². The minimum atomic E-state index is -3.73. The summed E-state index contributed by atoms with van der Waals surface area (Å²) in [6, 6.07) is 11.8. The van der Waals surface area contributed by atoms with Crippen molar-refractivity contribution >= 4 is 17.5 Å². The van der Waals surface area contributed by atoms with Crippen LogP contribution in [-0.2, 0) is 9.59 Å². The molecule has 8 heteroatoms. The normalized spacial score (nSPS) is 15.2. The van der Waals surface area contributed by atoms with Crippen molar-refractivity contribution in [1.82, 2.24) is 5.32 Å². The lowest BCUT2D eigenvalue weighted by molar-refractivity contribution is -0.286. The van der Waals surface area contributed by atoms with Crippen LogP contribution < -0.4 is 20.1 Å². The van der Waals surface area contributed by atoms with Crippen LogP contribution in [0.1, 0.15) is 31.9 Å². The molecule has 2 amide bonds. The Morgan fingerprint density at radius 1 is 1.04 bits per heavy atom. The predicted octanol–water partition coefficient (Wildman–Crippen LogP) is 3.85. The molecular formula is C20H20F2N2O4. The number of alkyl halides is 2. The average molecular weight is 390 g/mol. The van der Waals surface area contributed by atoms with Crippen LogP contribution in [0.3, 0.4) is 0 Å². The number of halogens is 2. The van der Waals surface area contributed by atoms with Crippen LogP contribution >= 0.6 is 0 Å². The van der Waals surface area contributed by atoms with Gasteiger partial charge >= 0.3 is 6.29 Å². The van der Waals surface area contributed by atoms with E-state index in [0.717, 1.165) is 0 Å². The molecule has 148 valence electrons. The van der Waals surface area contributed by atoms with Gasteiger partial charge in [-0.1, -0.05) is 44.2 Å². The number of anilines is 1. The maximum Gasteiger partial charge on any atom is 0.586 e. The highest BCUT2D eigenvalue weighted by Gasteiger charge is 2.43. The third-order valence-corrected chi connectivity index (χ3v) is 3.96. The van der Waals surface area contributed by atoms with Gasteiger partial charge < -0.3 is 20.1 Å². The summed E-state index contributed by atoms with van der Waals surface area (Å²) in [5, 5.41) is 5.35. The molecule has 0 spiro atoms. The van der Waals surface area contributed by atoms with Gasteiger partial charge in [0.25, 0.3) is 5.91 Å². The van der Waals surface area contributed by atoms with Gasteiger partial charge in [0.15, 0.2) is 11.5 Å².